The fraction of sp³-hybridized carbons (Fsp3) is 0.600. The molecule has 1 N–H and O–H groups in total. The first kappa shape index (κ1) is 21.3. The Balaban J connectivity index is 1.48. The standard InChI is InChI=1S/C20H29N3O3S2/c1-16(20(24)21-12-11-17-7-3-2-4-8-17)27-19-10-9-18(15-22-19)28(25,26)23-13-5-6-14-23/h7,9-10,15-16H,2-6,8,11-14H2,1H3,(H,21,24)/t16-/m0/s1. The molecular weight excluding hydrogens is 394 g/mol. The first-order valence-electron chi connectivity index (χ1n) is 10.1. The van der Waals surface area contributed by atoms with Crippen LogP contribution in [-0.2, 0) is 14.8 Å². The van der Waals surface area contributed by atoms with E-state index in [0.717, 1.165) is 32.1 Å². The Morgan fingerprint density at radius 2 is 2.04 bits per heavy atom. The Labute approximate surface area is 172 Å². The highest BCUT2D eigenvalue weighted by atomic mass is 32.2. The Morgan fingerprint density at radius 3 is 2.68 bits per heavy atom. The van der Waals surface area contributed by atoms with Crippen LogP contribution < -0.4 is 5.32 Å². The van der Waals surface area contributed by atoms with Gasteiger partial charge < -0.3 is 5.32 Å². The minimum atomic E-state index is -3.45. The first-order valence-corrected chi connectivity index (χ1v) is 12.4. The molecule has 28 heavy (non-hydrogen) atoms. The molecule has 0 saturated carbocycles. The average molecular weight is 424 g/mol. The fourth-order valence-corrected chi connectivity index (χ4v) is 5.80. The molecule has 0 spiro atoms. The van der Waals surface area contributed by atoms with Crippen molar-refractivity contribution in [2.45, 2.75) is 67.0 Å². The van der Waals surface area contributed by atoms with Crippen LogP contribution in [0, 0.1) is 0 Å². The van der Waals surface area contributed by atoms with Crippen LogP contribution in [-0.4, -0.2) is 48.5 Å². The van der Waals surface area contributed by atoms with E-state index in [4.69, 9.17) is 0 Å². The van der Waals surface area contributed by atoms with Gasteiger partial charge in [0.25, 0.3) is 0 Å². The van der Waals surface area contributed by atoms with Gasteiger partial charge in [0.15, 0.2) is 0 Å². The fourth-order valence-electron chi connectivity index (χ4n) is 3.52. The monoisotopic (exact) mass is 423 g/mol. The molecule has 6 nitrogen and oxygen atoms in total. The summed E-state index contributed by atoms with van der Waals surface area (Å²) in [6.07, 6.45) is 11.3. The van der Waals surface area contributed by atoms with Gasteiger partial charge in [-0.3, -0.25) is 4.79 Å². The predicted octanol–water partition coefficient (Wildman–Crippen LogP) is 3.35. The highest BCUT2D eigenvalue weighted by Crippen LogP contribution is 2.25. The highest BCUT2D eigenvalue weighted by molar-refractivity contribution is 8.00. The average Bonchev–Trinajstić information content (AvgIpc) is 3.25. The smallest absolute Gasteiger partial charge is 0.244 e. The van der Waals surface area contributed by atoms with Crippen LogP contribution in [0.15, 0.2) is 39.9 Å². The van der Waals surface area contributed by atoms with Crippen molar-refractivity contribution in [1.82, 2.24) is 14.6 Å². The van der Waals surface area contributed by atoms with Crippen molar-refractivity contribution in [2.75, 3.05) is 19.6 Å². The van der Waals surface area contributed by atoms with E-state index in [0.29, 0.717) is 24.7 Å². The minimum Gasteiger partial charge on any atom is -0.355 e. The van der Waals surface area contributed by atoms with Gasteiger partial charge in [-0.2, -0.15) is 4.31 Å². The van der Waals surface area contributed by atoms with E-state index < -0.39 is 10.0 Å². The zero-order valence-corrected chi connectivity index (χ0v) is 18.0. The number of hydrogen-bond acceptors (Lipinski definition) is 5. The van der Waals surface area contributed by atoms with Gasteiger partial charge in [-0.05, 0) is 64.0 Å². The molecular formula is C20H29N3O3S2. The number of thioether (sulfide) groups is 1. The molecule has 0 aromatic carbocycles. The maximum atomic E-state index is 12.5. The molecule has 2 heterocycles. The number of sulfonamides is 1. The van der Waals surface area contributed by atoms with Crippen LogP contribution in [0.5, 0.6) is 0 Å². The molecule has 1 aromatic rings. The van der Waals surface area contributed by atoms with Gasteiger partial charge >= 0.3 is 0 Å². The Kier molecular flexibility index (Phi) is 7.54. The second-order valence-corrected chi connectivity index (χ2v) is 10.7. The van der Waals surface area contributed by atoms with Crippen LogP contribution in [0.4, 0.5) is 0 Å². The lowest BCUT2D eigenvalue weighted by molar-refractivity contribution is -0.120. The van der Waals surface area contributed by atoms with Gasteiger partial charge in [0.05, 0.1) is 10.3 Å². The highest BCUT2D eigenvalue weighted by Gasteiger charge is 2.27. The lowest BCUT2D eigenvalue weighted by Crippen LogP contribution is -2.32. The van der Waals surface area contributed by atoms with Crippen LogP contribution in [0.3, 0.4) is 0 Å². The number of amides is 1. The SMILES string of the molecule is C[C@H](Sc1ccc(S(=O)(=O)N2CCCC2)cn1)C(=O)NCCC1=CCCCC1. The maximum Gasteiger partial charge on any atom is 0.244 e. The third kappa shape index (κ3) is 5.58. The zero-order chi connectivity index (χ0) is 20.0. The van der Waals surface area contributed by atoms with Crippen molar-refractivity contribution in [3.05, 3.63) is 30.0 Å². The van der Waals surface area contributed by atoms with Crippen molar-refractivity contribution >= 4 is 27.7 Å². The molecule has 1 atom stereocenters. The molecule has 154 valence electrons. The first-order chi connectivity index (χ1) is 13.5. The van der Waals surface area contributed by atoms with Crippen molar-refractivity contribution in [2.24, 2.45) is 0 Å². The van der Waals surface area contributed by atoms with E-state index in [-0.39, 0.29) is 16.1 Å². The molecule has 1 fully saturated rings. The summed E-state index contributed by atoms with van der Waals surface area (Å²) in [5, 5.41) is 3.36. The predicted molar refractivity (Wildman–Crippen MR) is 112 cm³/mol. The van der Waals surface area contributed by atoms with Gasteiger partial charge in [0.2, 0.25) is 15.9 Å². The quantitative estimate of drug-likeness (QED) is 0.512. The molecule has 2 aliphatic rings. The zero-order valence-electron chi connectivity index (χ0n) is 16.4. The molecule has 0 bridgehead atoms. The van der Waals surface area contributed by atoms with E-state index in [1.165, 1.54) is 40.7 Å². The van der Waals surface area contributed by atoms with E-state index >= 15 is 0 Å². The Hall–Kier alpha value is -1.38. The Bertz CT molecular complexity index is 800. The number of carbonyl (C=O) groups is 1. The van der Waals surface area contributed by atoms with E-state index in [1.807, 2.05) is 6.92 Å². The number of carbonyl (C=O) groups excluding carboxylic acids is 1. The van der Waals surface area contributed by atoms with Crippen molar-refractivity contribution < 1.29 is 13.2 Å². The van der Waals surface area contributed by atoms with E-state index in [1.54, 1.807) is 12.1 Å². The number of pyridine rings is 1. The third-order valence-corrected chi connectivity index (χ3v) is 8.14. The second-order valence-electron chi connectivity index (χ2n) is 7.35. The summed E-state index contributed by atoms with van der Waals surface area (Å²) in [5.74, 6) is -0.0167. The van der Waals surface area contributed by atoms with Crippen molar-refractivity contribution in [3.8, 4) is 0 Å². The summed E-state index contributed by atoms with van der Waals surface area (Å²) < 4.78 is 26.6. The summed E-state index contributed by atoms with van der Waals surface area (Å²) >= 11 is 1.34. The molecule has 8 heteroatoms. The largest absolute Gasteiger partial charge is 0.355 e. The van der Waals surface area contributed by atoms with E-state index in [9.17, 15) is 13.2 Å². The van der Waals surface area contributed by atoms with Gasteiger partial charge in [0, 0.05) is 25.8 Å². The lowest BCUT2D eigenvalue weighted by Gasteiger charge is -2.16. The summed E-state index contributed by atoms with van der Waals surface area (Å²) in [7, 11) is -3.45. The molecule has 0 unspecified atom stereocenters. The summed E-state index contributed by atoms with van der Waals surface area (Å²) in [4.78, 5) is 16.8. The maximum absolute atomic E-state index is 12.5. The normalized spacial score (nSPS) is 19.2. The molecule has 3 rings (SSSR count). The van der Waals surface area contributed by atoms with Gasteiger partial charge in [-0.25, -0.2) is 13.4 Å². The van der Waals surface area contributed by atoms with Crippen LogP contribution >= 0.6 is 11.8 Å². The molecule has 1 aliphatic heterocycles. The lowest BCUT2D eigenvalue weighted by atomic mass is 9.97. The number of aromatic nitrogens is 1. The number of nitrogens with zero attached hydrogens (tertiary/aromatic N) is 2. The number of rotatable bonds is 8. The number of nitrogens with one attached hydrogen (secondary N) is 1. The molecule has 1 saturated heterocycles. The number of hydrogen-bond donors (Lipinski definition) is 1. The third-order valence-electron chi connectivity index (χ3n) is 5.21. The molecule has 1 aliphatic carbocycles. The molecule has 1 amide bonds. The summed E-state index contributed by atoms with van der Waals surface area (Å²) in [6.45, 7) is 3.66. The minimum absolute atomic E-state index is 0.0167. The summed E-state index contributed by atoms with van der Waals surface area (Å²) in [5.41, 5.74) is 1.45. The Morgan fingerprint density at radius 1 is 1.25 bits per heavy atom. The number of allylic oxidation sites excluding steroid dienone is 1. The van der Waals surface area contributed by atoms with Crippen LogP contribution in [0.25, 0.3) is 0 Å². The molecule has 1 aromatic heterocycles. The van der Waals surface area contributed by atoms with Gasteiger partial charge in [-0.15, -0.1) is 0 Å². The van der Waals surface area contributed by atoms with Crippen LogP contribution in [0.2, 0.25) is 0 Å². The van der Waals surface area contributed by atoms with Crippen LogP contribution in [0.1, 0.15) is 51.9 Å². The second kappa shape index (κ2) is 9.89. The van der Waals surface area contributed by atoms with Crippen molar-refractivity contribution in [1.29, 1.82) is 0 Å². The van der Waals surface area contributed by atoms with E-state index in [2.05, 4.69) is 16.4 Å². The summed E-state index contributed by atoms with van der Waals surface area (Å²) in [6, 6.07) is 3.27. The topological polar surface area (TPSA) is 79.4 Å². The van der Waals surface area contributed by atoms with Gasteiger partial charge in [0.1, 0.15) is 4.90 Å². The van der Waals surface area contributed by atoms with Gasteiger partial charge in [-0.1, -0.05) is 23.4 Å². The van der Waals surface area contributed by atoms with Crippen molar-refractivity contribution in [3.63, 3.8) is 0 Å². The molecule has 0 radical (unpaired) electrons.